The van der Waals surface area contributed by atoms with Crippen LogP contribution in [0.5, 0.6) is 0 Å². The molecule has 1 aliphatic rings. The molecule has 2 N–H and O–H groups in total. The fraction of sp³-hybridized carbons (Fsp3) is 0.300. The van der Waals surface area contributed by atoms with E-state index in [4.69, 9.17) is 0 Å². The molecule has 3 heterocycles. The van der Waals surface area contributed by atoms with Gasteiger partial charge in [-0.15, -0.1) is 10.2 Å². The van der Waals surface area contributed by atoms with Crippen LogP contribution in [0, 0.1) is 5.82 Å². The highest BCUT2D eigenvalue weighted by Crippen LogP contribution is 2.35. The second-order valence-electron chi connectivity index (χ2n) is 7.15. The number of carbonyl (C=O) groups excluding carboxylic acids is 1. The van der Waals surface area contributed by atoms with Crippen LogP contribution in [0.15, 0.2) is 36.5 Å². The van der Waals surface area contributed by atoms with Gasteiger partial charge in [-0.3, -0.25) is 9.20 Å². The lowest BCUT2D eigenvalue weighted by molar-refractivity contribution is 0.0955. The number of pyridine rings is 1. The van der Waals surface area contributed by atoms with E-state index in [9.17, 15) is 9.18 Å². The maximum atomic E-state index is 13.3. The lowest BCUT2D eigenvalue weighted by Crippen LogP contribution is -2.26. The zero-order valence-corrected chi connectivity index (χ0v) is 15.2. The molecule has 5 rings (SSSR count). The fourth-order valence-corrected chi connectivity index (χ4v) is 3.60. The molecule has 142 valence electrons. The Bertz CT molecular complexity index is 1180. The van der Waals surface area contributed by atoms with Crippen LogP contribution in [-0.4, -0.2) is 37.0 Å². The van der Waals surface area contributed by atoms with Gasteiger partial charge in [-0.25, -0.2) is 9.37 Å². The van der Waals surface area contributed by atoms with Crippen molar-refractivity contribution < 1.29 is 9.18 Å². The highest BCUT2D eigenvalue weighted by atomic mass is 19.1. The molecule has 1 aromatic carbocycles. The van der Waals surface area contributed by atoms with Gasteiger partial charge in [0.2, 0.25) is 0 Å². The molecule has 4 aromatic rings. The summed E-state index contributed by atoms with van der Waals surface area (Å²) in [5.74, 6) is 1.57. The van der Waals surface area contributed by atoms with E-state index in [0.717, 1.165) is 18.7 Å². The summed E-state index contributed by atoms with van der Waals surface area (Å²) in [4.78, 5) is 20.1. The summed E-state index contributed by atoms with van der Waals surface area (Å²) in [5, 5.41) is 11.5. The van der Waals surface area contributed by atoms with Gasteiger partial charge in [0.1, 0.15) is 17.5 Å². The molecule has 1 fully saturated rings. The predicted octanol–water partition coefficient (Wildman–Crippen LogP) is 2.98. The standard InChI is InChI=1S/C20H19FN6O/c21-13-6-7-15-16(11-13)24-17(23-15)8-9-22-20(28)14-5-2-10-27-18(12-3-1-4-12)25-26-19(14)27/h2,5-7,10-12H,1,3-4,8-9H2,(H,22,28)(H,23,24). The van der Waals surface area contributed by atoms with E-state index in [-0.39, 0.29) is 11.7 Å². The van der Waals surface area contributed by atoms with E-state index < -0.39 is 0 Å². The Balaban J connectivity index is 1.29. The van der Waals surface area contributed by atoms with Gasteiger partial charge in [0, 0.05) is 25.1 Å². The number of aromatic nitrogens is 5. The number of halogens is 1. The number of H-pyrrole nitrogens is 1. The lowest BCUT2D eigenvalue weighted by Gasteiger charge is -2.23. The second-order valence-corrected chi connectivity index (χ2v) is 7.15. The maximum absolute atomic E-state index is 13.3. The fourth-order valence-electron chi connectivity index (χ4n) is 3.60. The third-order valence-corrected chi connectivity index (χ3v) is 5.32. The van der Waals surface area contributed by atoms with Crippen LogP contribution in [0.1, 0.15) is 47.2 Å². The van der Waals surface area contributed by atoms with Gasteiger partial charge in [-0.1, -0.05) is 6.42 Å². The van der Waals surface area contributed by atoms with Crippen LogP contribution >= 0.6 is 0 Å². The molecule has 7 nitrogen and oxygen atoms in total. The first-order valence-electron chi connectivity index (χ1n) is 9.45. The van der Waals surface area contributed by atoms with Crippen LogP contribution in [0.3, 0.4) is 0 Å². The molecular weight excluding hydrogens is 359 g/mol. The molecule has 1 amide bonds. The van der Waals surface area contributed by atoms with Crippen molar-refractivity contribution in [1.29, 1.82) is 0 Å². The van der Waals surface area contributed by atoms with E-state index in [2.05, 4.69) is 25.5 Å². The van der Waals surface area contributed by atoms with Gasteiger partial charge < -0.3 is 10.3 Å². The minimum absolute atomic E-state index is 0.194. The molecule has 8 heteroatoms. The first-order chi connectivity index (χ1) is 13.7. The monoisotopic (exact) mass is 378 g/mol. The SMILES string of the molecule is O=C(NCCc1nc2ccc(F)cc2[nH]1)c1cccn2c(C3CCC3)nnc12. The Hall–Kier alpha value is -3.29. The molecule has 0 saturated heterocycles. The molecule has 0 atom stereocenters. The molecule has 0 aliphatic heterocycles. The number of hydrogen-bond acceptors (Lipinski definition) is 4. The Morgan fingerprint density at radius 1 is 1.29 bits per heavy atom. The molecule has 1 saturated carbocycles. The second kappa shape index (κ2) is 6.70. The number of fused-ring (bicyclic) bond motifs is 2. The summed E-state index contributed by atoms with van der Waals surface area (Å²) in [6.07, 6.45) is 5.89. The van der Waals surface area contributed by atoms with Gasteiger partial charge >= 0.3 is 0 Å². The summed E-state index contributed by atoms with van der Waals surface area (Å²) in [5.41, 5.74) is 2.45. The largest absolute Gasteiger partial charge is 0.351 e. The van der Waals surface area contributed by atoms with Crippen molar-refractivity contribution in [3.05, 3.63) is 59.6 Å². The summed E-state index contributed by atoms with van der Waals surface area (Å²) in [6, 6.07) is 8.03. The first-order valence-corrected chi connectivity index (χ1v) is 9.45. The molecular formula is C20H19FN6O. The third-order valence-electron chi connectivity index (χ3n) is 5.32. The molecule has 0 bridgehead atoms. The van der Waals surface area contributed by atoms with Crippen molar-refractivity contribution in [2.45, 2.75) is 31.6 Å². The number of carbonyl (C=O) groups is 1. The van der Waals surface area contributed by atoms with Gasteiger partial charge in [0.25, 0.3) is 5.91 Å². The van der Waals surface area contributed by atoms with Crippen LogP contribution in [0.4, 0.5) is 4.39 Å². The van der Waals surface area contributed by atoms with E-state index in [0.29, 0.717) is 47.0 Å². The zero-order chi connectivity index (χ0) is 19.1. The van der Waals surface area contributed by atoms with Gasteiger partial charge in [0.05, 0.1) is 16.6 Å². The number of amides is 1. The van der Waals surface area contributed by atoms with Crippen molar-refractivity contribution in [2.24, 2.45) is 0 Å². The quantitative estimate of drug-likeness (QED) is 0.559. The number of nitrogens with one attached hydrogen (secondary N) is 2. The van der Waals surface area contributed by atoms with E-state index in [1.54, 1.807) is 12.1 Å². The molecule has 0 unspecified atom stereocenters. The van der Waals surface area contributed by atoms with Gasteiger partial charge in [-0.2, -0.15) is 0 Å². The summed E-state index contributed by atoms with van der Waals surface area (Å²) in [6.45, 7) is 0.409. The van der Waals surface area contributed by atoms with Crippen LogP contribution in [0.25, 0.3) is 16.7 Å². The van der Waals surface area contributed by atoms with Crippen molar-refractivity contribution >= 4 is 22.6 Å². The Morgan fingerprint density at radius 3 is 3.00 bits per heavy atom. The maximum Gasteiger partial charge on any atom is 0.255 e. The molecule has 28 heavy (non-hydrogen) atoms. The lowest BCUT2D eigenvalue weighted by atomic mass is 9.85. The van der Waals surface area contributed by atoms with Crippen molar-refractivity contribution in [3.63, 3.8) is 0 Å². The summed E-state index contributed by atoms with van der Waals surface area (Å²) < 4.78 is 15.2. The van der Waals surface area contributed by atoms with Crippen LogP contribution < -0.4 is 5.32 Å². The third kappa shape index (κ3) is 2.90. The molecule has 0 spiro atoms. The Kier molecular flexibility index (Phi) is 4.03. The number of imidazole rings is 1. The number of nitrogens with zero attached hydrogens (tertiary/aromatic N) is 4. The average Bonchev–Trinajstić information content (AvgIpc) is 3.24. The zero-order valence-electron chi connectivity index (χ0n) is 15.2. The average molecular weight is 378 g/mol. The van der Waals surface area contributed by atoms with Crippen LogP contribution in [-0.2, 0) is 6.42 Å². The van der Waals surface area contributed by atoms with Gasteiger partial charge in [-0.05, 0) is 43.2 Å². The first kappa shape index (κ1) is 16.9. The predicted molar refractivity (Wildman–Crippen MR) is 102 cm³/mol. The Labute approximate surface area is 160 Å². The molecule has 3 aromatic heterocycles. The van der Waals surface area contributed by atoms with Crippen LogP contribution in [0.2, 0.25) is 0 Å². The number of hydrogen-bond donors (Lipinski definition) is 2. The summed E-state index contributed by atoms with van der Waals surface area (Å²) in [7, 11) is 0. The minimum atomic E-state index is -0.307. The summed E-state index contributed by atoms with van der Waals surface area (Å²) >= 11 is 0. The topological polar surface area (TPSA) is 88.0 Å². The van der Waals surface area contributed by atoms with Gasteiger partial charge in [0.15, 0.2) is 5.65 Å². The number of benzene rings is 1. The normalized spacial score (nSPS) is 14.5. The van der Waals surface area contributed by atoms with Crippen molar-refractivity contribution in [1.82, 2.24) is 29.9 Å². The smallest absolute Gasteiger partial charge is 0.255 e. The molecule has 1 aliphatic carbocycles. The van der Waals surface area contributed by atoms with Crippen molar-refractivity contribution in [2.75, 3.05) is 6.54 Å². The van der Waals surface area contributed by atoms with E-state index in [1.165, 1.54) is 18.6 Å². The Morgan fingerprint density at radius 2 is 2.18 bits per heavy atom. The van der Waals surface area contributed by atoms with E-state index >= 15 is 0 Å². The van der Waals surface area contributed by atoms with E-state index in [1.807, 2.05) is 16.7 Å². The highest BCUT2D eigenvalue weighted by molar-refractivity contribution is 5.99. The number of aromatic amines is 1. The number of rotatable bonds is 5. The molecule has 0 radical (unpaired) electrons. The van der Waals surface area contributed by atoms with Crippen molar-refractivity contribution in [3.8, 4) is 0 Å². The minimum Gasteiger partial charge on any atom is -0.351 e. The highest BCUT2D eigenvalue weighted by Gasteiger charge is 2.25.